The van der Waals surface area contributed by atoms with E-state index in [1.165, 1.54) is 204 Å². The van der Waals surface area contributed by atoms with Gasteiger partial charge in [-0.25, -0.2) is 0 Å². The molecule has 0 amide bonds. The summed E-state index contributed by atoms with van der Waals surface area (Å²) in [6, 6.07) is 140. The standard InChI is InChI=1S/C57H35N.C47H33N/c1-3-22-47-45(20-1)55(36-29-32-38(33-30-36)58-53-27-13-8-18-43(53)44-19-9-14-28-54(44)58)46-21-2-4-23-48(46)56(47)37-31-34-42-41-17-7-12-26-51(41)57(52(42)35-37)49-24-10-5-15-39(49)40-16-6-11-25-50(40)57;1-47(2)41-20-10-7-13-33(41)34-28-25-31(29-42(34)47)46-39-18-5-3-16-37(39)45(38-17-4-6-19-40(38)46)30-23-26-32(27-24-30)48-43-21-11-8-14-35(43)36-15-9-12-22-44(36)48/h1-35H;3-29H,1-2H3. The number of hydrogen-bond acceptors (Lipinski definition) is 0. The number of fused-ring (bicyclic) bond motifs is 23. The first-order valence-electron chi connectivity index (χ1n) is 37.1. The summed E-state index contributed by atoms with van der Waals surface area (Å²) in [5, 5.41) is 15.3. The Kier molecular flexibility index (Phi) is 13.1. The first-order valence-corrected chi connectivity index (χ1v) is 37.1. The van der Waals surface area contributed by atoms with Crippen molar-refractivity contribution in [3.63, 3.8) is 0 Å². The lowest BCUT2D eigenvalue weighted by Crippen LogP contribution is -2.25. The van der Waals surface area contributed by atoms with Gasteiger partial charge >= 0.3 is 0 Å². The molecule has 2 nitrogen and oxygen atoms in total. The number of benzene rings is 18. The summed E-state index contributed by atoms with van der Waals surface area (Å²) in [5.74, 6) is 0. The van der Waals surface area contributed by atoms with Gasteiger partial charge in [0.2, 0.25) is 0 Å². The van der Waals surface area contributed by atoms with Crippen LogP contribution >= 0.6 is 0 Å². The normalized spacial score (nSPS) is 13.3. The van der Waals surface area contributed by atoms with Gasteiger partial charge in [0.25, 0.3) is 0 Å². The molecule has 0 fully saturated rings. The molecule has 494 valence electrons. The average Bonchev–Trinajstić information content (AvgIpc) is 1.51. The maximum atomic E-state index is 2.53. The predicted octanol–water partition coefficient (Wildman–Crippen LogP) is 27.5. The van der Waals surface area contributed by atoms with Crippen LogP contribution in [0, 0.1) is 0 Å². The van der Waals surface area contributed by atoms with Gasteiger partial charge in [0.15, 0.2) is 0 Å². The Hall–Kier alpha value is -13.4. The number of nitrogens with zero attached hydrogens (tertiary/aromatic N) is 2. The fraction of sp³-hybridized carbons (Fsp3) is 0.0385. The first kappa shape index (κ1) is 60.2. The summed E-state index contributed by atoms with van der Waals surface area (Å²) >= 11 is 0. The molecule has 1 spiro atoms. The van der Waals surface area contributed by atoms with E-state index in [-0.39, 0.29) is 5.41 Å². The van der Waals surface area contributed by atoms with Crippen LogP contribution in [0.5, 0.6) is 0 Å². The van der Waals surface area contributed by atoms with E-state index in [2.05, 4.69) is 399 Å². The van der Waals surface area contributed by atoms with Crippen molar-refractivity contribution in [2.75, 3.05) is 0 Å². The van der Waals surface area contributed by atoms with Crippen molar-refractivity contribution in [2.45, 2.75) is 24.7 Å². The summed E-state index contributed by atoms with van der Waals surface area (Å²) in [4.78, 5) is 0. The highest BCUT2D eigenvalue weighted by atomic mass is 15.0. The molecule has 20 aromatic rings. The number of para-hydroxylation sites is 4. The van der Waals surface area contributed by atoms with Crippen molar-refractivity contribution in [1.29, 1.82) is 0 Å². The Morgan fingerprint density at radius 1 is 0.179 bits per heavy atom. The highest BCUT2D eigenvalue weighted by Gasteiger charge is 2.51. The predicted molar refractivity (Wildman–Crippen MR) is 447 cm³/mol. The molecular weight excluding hydrogens is 1280 g/mol. The monoisotopic (exact) mass is 1340 g/mol. The van der Waals surface area contributed by atoms with E-state index in [1.54, 1.807) is 0 Å². The third kappa shape index (κ3) is 8.50. The van der Waals surface area contributed by atoms with Crippen LogP contribution < -0.4 is 0 Å². The number of aromatic nitrogens is 2. The van der Waals surface area contributed by atoms with Crippen LogP contribution in [0.3, 0.4) is 0 Å². The average molecular weight is 1350 g/mol. The lowest BCUT2D eigenvalue weighted by molar-refractivity contribution is 0.660. The molecule has 0 atom stereocenters. The Bertz CT molecular complexity index is 6810. The van der Waals surface area contributed by atoms with Gasteiger partial charge in [0, 0.05) is 38.3 Å². The van der Waals surface area contributed by atoms with Gasteiger partial charge in [-0.3, -0.25) is 0 Å². The molecule has 0 bridgehead atoms. The second kappa shape index (κ2) is 23.1. The van der Waals surface area contributed by atoms with Gasteiger partial charge in [-0.2, -0.15) is 0 Å². The molecular formula is C104H68N2. The molecule has 3 aliphatic carbocycles. The molecule has 0 N–H and O–H groups in total. The molecule has 0 aliphatic heterocycles. The smallest absolute Gasteiger partial charge is 0.0725 e. The Balaban J connectivity index is 0.000000135. The second-order valence-electron chi connectivity index (χ2n) is 29.6. The molecule has 18 aromatic carbocycles. The third-order valence-electron chi connectivity index (χ3n) is 24.0. The van der Waals surface area contributed by atoms with Crippen LogP contribution in [0.1, 0.15) is 47.2 Å². The Morgan fingerprint density at radius 2 is 0.406 bits per heavy atom. The Labute approximate surface area is 615 Å². The molecule has 2 heteroatoms. The van der Waals surface area contributed by atoms with Crippen LogP contribution in [-0.2, 0) is 10.8 Å². The molecule has 3 aliphatic rings. The van der Waals surface area contributed by atoms with Crippen LogP contribution in [0.15, 0.2) is 376 Å². The van der Waals surface area contributed by atoms with Crippen molar-refractivity contribution in [2.24, 2.45) is 0 Å². The van der Waals surface area contributed by atoms with E-state index < -0.39 is 5.41 Å². The fourth-order valence-corrected chi connectivity index (χ4v) is 19.6. The second-order valence-corrected chi connectivity index (χ2v) is 29.6. The van der Waals surface area contributed by atoms with Crippen molar-refractivity contribution in [1.82, 2.24) is 9.13 Å². The molecule has 0 radical (unpaired) electrons. The first-order chi connectivity index (χ1) is 52.4. The maximum absolute atomic E-state index is 2.53. The number of hydrogen-bond donors (Lipinski definition) is 0. The Morgan fingerprint density at radius 3 is 0.736 bits per heavy atom. The van der Waals surface area contributed by atoms with Crippen LogP contribution in [-0.4, -0.2) is 9.13 Å². The minimum atomic E-state index is -0.390. The zero-order valence-electron chi connectivity index (χ0n) is 58.7. The van der Waals surface area contributed by atoms with Crippen molar-refractivity contribution >= 4 is 86.7 Å². The summed E-state index contributed by atoms with van der Waals surface area (Å²) in [7, 11) is 0. The zero-order valence-corrected chi connectivity index (χ0v) is 58.7. The molecule has 106 heavy (non-hydrogen) atoms. The van der Waals surface area contributed by atoms with Gasteiger partial charge < -0.3 is 9.13 Å². The zero-order chi connectivity index (χ0) is 69.9. The molecule has 0 unspecified atom stereocenters. The highest BCUT2D eigenvalue weighted by molar-refractivity contribution is 6.23. The topological polar surface area (TPSA) is 9.86 Å². The van der Waals surface area contributed by atoms with Crippen LogP contribution in [0.4, 0.5) is 0 Å². The van der Waals surface area contributed by atoms with Crippen LogP contribution in [0.2, 0.25) is 0 Å². The quantitative estimate of drug-likeness (QED) is 0.147. The van der Waals surface area contributed by atoms with E-state index in [9.17, 15) is 0 Å². The molecule has 0 saturated heterocycles. The van der Waals surface area contributed by atoms with E-state index >= 15 is 0 Å². The van der Waals surface area contributed by atoms with Crippen LogP contribution in [0.25, 0.3) is 176 Å². The number of rotatable bonds is 6. The SMILES string of the molecule is CC1(C)c2ccccc2-c2ccc(-c3c4ccccc4c(-c4ccc(-n5c6ccccc6c6ccccc65)cc4)c4ccccc34)cc21.c1ccc2c(c1)-c1ccccc1C21c2ccccc2-c2ccc(-c3c4ccccc4c(-c4ccc(-n5c6ccccc6c6ccccc65)cc4)c4ccccc34)cc21. The highest BCUT2D eigenvalue weighted by Crippen LogP contribution is 2.64. The lowest BCUT2D eigenvalue weighted by Gasteiger charge is -2.30. The minimum absolute atomic E-state index is 0.0500. The largest absolute Gasteiger partial charge is 0.309 e. The van der Waals surface area contributed by atoms with E-state index in [1.807, 2.05) is 0 Å². The molecule has 23 rings (SSSR count). The molecule has 2 heterocycles. The minimum Gasteiger partial charge on any atom is -0.309 e. The lowest BCUT2D eigenvalue weighted by atomic mass is 9.70. The van der Waals surface area contributed by atoms with E-state index in [4.69, 9.17) is 0 Å². The van der Waals surface area contributed by atoms with E-state index in [0.717, 1.165) is 5.69 Å². The summed E-state index contributed by atoms with van der Waals surface area (Å²) in [6.45, 7) is 4.73. The third-order valence-corrected chi connectivity index (χ3v) is 24.0. The van der Waals surface area contributed by atoms with Gasteiger partial charge in [-0.05, 0) is 215 Å². The summed E-state index contributed by atoms with van der Waals surface area (Å²) in [6.07, 6.45) is 0. The van der Waals surface area contributed by atoms with Gasteiger partial charge in [-0.15, -0.1) is 0 Å². The van der Waals surface area contributed by atoms with Crippen molar-refractivity contribution in [3.8, 4) is 89.3 Å². The maximum Gasteiger partial charge on any atom is 0.0725 e. The molecule has 0 saturated carbocycles. The summed E-state index contributed by atoms with van der Waals surface area (Å²) < 4.78 is 4.79. The van der Waals surface area contributed by atoms with Gasteiger partial charge in [0.05, 0.1) is 27.5 Å². The van der Waals surface area contributed by atoms with Gasteiger partial charge in [-0.1, -0.05) is 329 Å². The van der Waals surface area contributed by atoms with Gasteiger partial charge in [0.1, 0.15) is 0 Å². The van der Waals surface area contributed by atoms with Crippen molar-refractivity contribution < 1.29 is 0 Å². The van der Waals surface area contributed by atoms with E-state index in [0.29, 0.717) is 0 Å². The molecule has 2 aromatic heterocycles. The fourth-order valence-electron chi connectivity index (χ4n) is 19.6. The summed E-state index contributed by atoms with van der Waals surface area (Å²) in [5.41, 5.74) is 33.2. The van der Waals surface area contributed by atoms with Crippen molar-refractivity contribution in [3.05, 3.63) is 409 Å².